The van der Waals surface area contributed by atoms with Gasteiger partial charge in [-0.2, -0.15) is 0 Å². The molecule has 0 spiro atoms. The van der Waals surface area contributed by atoms with Crippen LogP contribution in [0.4, 0.5) is 0 Å². The highest BCUT2D eigenvalue weighted by molar-refractivity contribution is 6.29. The summed E-state index contributed by atoms with van der Waals surface area (Å²) in [6.07, 6.45) is 3.14. The fraction of sp³-hybridized carbons (Fsp3) is 0.353. The molecule has 1 aliphatic carbocycles. The summed E-state index contributed by atoms with van der Waals surface area (Å²) >= 11 is 6.00. The number of pyridine rings is 2. The topological polar surface area (TPSA) is 52.1 Å². The number of halogens is 1. The first-order chi connectivity index (χ1) is 10.5. The highest BCUT2D eigenvalue weighted by Gasteiger charge is 2.41. The van der Waals surface area contributed by atoms with Crippen LogP contribution in [-0.4, -0.2) is 22.9 Å². The molecule has 1 atom stereocenters. The average Bonchev–Trinajstić information content (AvgIpc) is 2.50. The average molecular weight is 317 g/mol. The molecule has 0 amide bonds. The van der Waals surface area contributed by atoms with E-state index in [-0.39, 0.29) is 5.78 Å². The van der Waals surface area contributed by atoms with Crippen molar-refractivity contribution in [3.8, 4) is 5.88 Å². The number of rotatable bonds is 2. The van der Waals surface area contributed by atoms with E-state index in [0.717, 1.165) is 23.2 Å². The smallest absolute Gasteiger partial charge is 0.212 e. The zero-order valence-electron chi connectivity index (χ0n) is 12.8. The minimum Gasteiger partial charge on any atom is -0.481 e. The molecule has 5 heteroatoms. The lowest BCUT2D eigenvalue weighted by Crippen LogP contribution is -2.38. The second kappa shape index (κ2) is 5.36. The van der Waals surface area contributed by atoms with Crippen molar-refractivity contribution in [1.82, 2.24) is 9.97 Å². The van der Waals surface area contributed by atoms with Gasteiger partial charge < -0.3 is 4.74 Å². The fourth-order valence-corrected chi connectivity index (χ4v) is 3.31. The number of aryl methyl sites for hydroxylation is 2. The van der Waals surface area contributed by atoms with Crippen molar-refractivity contribution in [3.05, 3.63) is 51.9 Å². The monoisotopic (exact) mass is 316 g/mol. The van der Waals surface area contributed by atoms with E-state index in [1.54, 1.807) is 25.4 Å². The number of aromatic nitrogens is 2. The second-order valence-corrected chi connectivity index (χ2v) is 6.22. The van der Waals surface area contributed by atoms with Gasteiger partial charge >= 0.3 is 0 Å². The Bertz CT molecular complexity index is 743. The molecule has 0 radical (unpaired) electrons. The van der Waals surface area contributed by atoms with Crippen LogP contribution in [0.2, 0.25) is 5.15 Å². The van der Waals surface area contributed by atoms with Crippen LogP contribution in [0.3, 0.4) is 0 Å². The van der Waals surface area contributed by atoms with Gasteiger partial charge in [-0.3, -0.25) is 4.79 Å². The van der Waals surface area contributed by atoms with Gasteiger partial charge in [0, 0.05) is 17.8 Å². The molecule has 0 fully saturated rings. The third kappa shape index (κ3) is 2.28. The Morgan fingerprint density at radius 2 is 2.14 bits per heavy atom. The molecule has 0 aliphatic heterocycles. The van der Waals surface area contributed by atoms with Gasteiger partial charge in [0.15, 0.2) is 5.78 Å². The molecule has 3 rings (SSSR count). The van der Waals surface area contributed by atoms with Crippen LogP contribution in [0.25, 0.3) is 0 Å². The number of nitrogens with zero attached hydrogens (tertiary/aromatic N) is 2. The van der Waals surface area contributed by atoms with Crippen LogP contribution in [0, 0.1) is 6.92 Å². The lowest BCUT2D eigenvalue weighted by atomic mass is 9.68. The zero-order valence-corrected chi connectivity index (χ0v) is 13.6. The molecule has 0 aromatic carbocycles. The second-order valence-electron chi connectivity index (χ2n) is 5.83. The predicted octanol–water partition coefficient (Wildman–Crippen LogP) is 3.53. The van der Waals surface area contributed by atoms with Gasteiger partial charge in [0.05, 0.1) is 18.2 Å². The zero-order chi connectivity index (χ0) is 15.9. The first-order valence-electron chi connectivity index (χ1n) is 7.17. The van der Waals surface area contributed by atoms with E-state index in [1.165, 1.54) is 0 Å². The number of fused-ring (bicyclic) bond motifs is 1. The van der Waals surface area contributed by atoms with Crippen LogP contribution in [0.5, 0.6) is 5.88 Å². The standard InChI is InChI=1S/C17H17ClN2O2/c1-10-8-13(18)20-12-6-7-17(2,16(21)15(10)12)11-4-5-14(22-3)19-9-11/h4-5,8-9H,6-7H2,1-3H3. The summed E-state index contributed by atoms with van der Waals surface area (Å²) in [4.78, 5) is 21.6. The van der Waals surface area contributed by atoms with Crippen LogP contribution in [0.1, 0.15) is 40.5 Å². The molecule has 2 heterocycles. The fourth-order valence-electron chi connectivity index (χ4n) is 3.05. The molecule has 4 nitrogen and oxygen atoms in total. The minimum absolute atomic E-state index is 0.0855. The van der Waals surface area contributed by atoms with Gasteiger partial charge in [0.1, 0.15) is 5.15 Å². The number of hydrogen-bond acceptors (Lipinski definition) is 4. The summed E-state index contributed by atoms with van der Waals surface area (Å²) in [5.74, 6) is 0.628. The van der Waals surface area contributed by atoms with Gasteiger partial charge in [-0.05, 0) is 43.9 Å². The minimum atomic E-state index is -0.591. The van der Waals surface area contributed by atoms with Crippen molar-refractivity contribution < 1.29 is 9.53 Å². The van der Waals surface area contributed by atoms with Crippen molar-refractivity contribution in [2.75, 3.05) is 7.11 Å². The summed E-state index contributed by atoms with van der Waals surface area (Å²) in [5.41, 5.74) is 2.70. The number of ketones is 1. The molecule has 2 aromatic rings. The normalized spacial score (nSPS) is 20.6. The van der Waals surface area contributed by atoms with E-state index in [1.807, 2.05) is 19.9 Å². The number of ether oxygens (including phenoxy) is 1. The van der Waals surface area contributed by atoms with Crippen molar-refractivity contribution >= 4 is 17.4 Å². The van der Waals surface area contributed by atoms with Crippen molar-refractivity contribution in [1.29, 1.82) is 0 Å². The maximum atomic E-state index is 13.1. The molecule has 22 heavy (non-hydrogen) atoms. The molecule has 0 saturated carbocycles. The molecule has 0 saturated heterocycles. The first kappa shape index (κ1) is 15.0. The van der Waals surface area contributed by atoms with Gasteiger partial charge in [0.2, 0.25) is 5.88 Å². The summed E-state index contributed by atoms with van der Waals surface area (Å²) in [6, 6.07) is 5.44. The quantitative estimate of drug-likeness (QED) is 0.795. The molecule has 114 valence electrons. The molecule has 1 aliphatic rings. The number of hydrogen-bond donors (Lipinski definition) is 0. The van der Waals surface area contributed by atoms with Gasteiger partial charge in [-0.25, -0.2) is 9.97 Å². The highest BCUT2D eigenvalue weighted by Crippen LogP contribution is 2.39. The Labute approximate surface area is 134 Å². The molecule has 0 bridgehead atoms. The van der Waals surface area contributed by atoms with Gasteiger partial charge in [-0.15, -0.1) is 0 Å². The number of carbonyl (C=O) groups excluding carboxylic acids is 1. The van der Waals surface area contributed by atoms with Crippen molar-refractivity contribution in [2.24, 2.45) is 0 Å². The number of carbonyl (C=O) groups is 1. The molecule has 1 unspecified atom stereocenters. The Balaban J connectivity index is 2.07. The molecular weight excluding hydrogens is 300 g/mol. The molecule has 0 N–H and O–H groups in total. The number of methoxy groups -OCH3 is 1. The maximum absolute atomic E-state index is 13.1. The van der Waals surface area contributed by atoms with Crippen LogP contribution >= 0.6 is 11.6 Å². The maximum Gasteiger partial charge on any atom is 0.212 e. The third-order valence-electron chi connectivity index (χ3n) is 4.43. The SMILES string of the molecule is COc1ccc(C2(C)CCc3nc(Cl)cc(C)c3C2=O)cn1. The third-order valence-corrected chi connectivity index (χ3v) is 4.63. The molecular formula is C17H17ClN2O2. The van der Waals surface area contributed by atoms with Crippen LogP contribution in [0.15, 0.2) is 24.4 Å². The summed E-state index contributed by atoms with van der Waals surface area (Å²) in [7, 11) is 1.57. The first-order valence-corrected chi connectivity index (χ1v) is 7.55. The van der Waals surface area contributed by atoms with E-state index in [9.17, 15) is 4.79 Å². The Morgan fingerprint density at radius 3 is 2.77 bits per heavy atom. The van der Waals surface area contributed by atoms with E-state index in [2.05, 4.69) is 9.97 Å². The summed E-state index contributed by atoms with van der Waals surface area (Å²) in [6.45, 7) is 3.87. The summed E-state index contributed by atoms with van der Waals surface area (Å²) < 4.78 is 5.08. The van der Waals surface area contributed by atoms with Crippen LogP contribution in [-0.2, 0) is 11.8 Å². The predicted molar refractivity (Wildman–Crippen MR) is 84.8 cm³/mol. The van der Waals surface area contributed by atoms with E-state index >= 15 is 0 Å². The lowest BCUT2D eigenvalue weighted by Gasteiger charge is -2.33. The largest absolute Gasteiger partial charge is 0.481 e. The Hall–Kier alpha value is -1.94. The Kier molecular flexibility index (Phi) is 3.65. The highest BCUT2D eigenvalue weighted by atomic mass is 35.5. The van der Waals surface area contributed by atoms with Gasteiger partial charge in [-0.1, -0.05) is 17.7 Å². The Morgan fingerprint density at radius 1 is 1.36 bits per heavy atom. The summed E-state index contributed by atoms with van der Waals surface area (Å²) in [5, 5.41) is 0.443. The van der Waals surface area contributed by atoms with Gasteiger partial charge in [0.25, 0.3) is 0 Å². The van der Waals surface area contributed by atoms with Crippen LogP contribution < -0.4 is 4.74 Å². The van der Waals surface area contributed by atoms with E-state index < -0.39 is 5.41 Å². The van der Waals surface area contributed by atoms with E-state index in [0.29, 0.717) is 23.0 Å². The lowest BCUT2D eigenvalue weighted by molar-refractivity contribution is 0.0873. The van der Waals surface area contributed by atoms with Crippen molar-refractivity contribution in [2.45, 2.75) is 32.1 Å². The molecule has 2 aromatic heterocycles. The van der Waals surface area contributed by atoms with Crippen molar-refractivity contribution in [3.63, 3.8) is 0 Å². The number of Topliss-reactive ketones (excluding diaryl/α,β-unsaturated/α-hetero) is 1. The van der Waals surface area contributed by atoms with E-state index in [4.69, 9.17) is 16.3 Å².